The quantitative estimate of drug-likeness (QED) is 0.228. The zero-order valence-electron chi connectivity index (χ0n) is 33.0. The zero-order chi connectivity index (χ0) is 38.8. The van der Waals surface area contributed by atoms with E-state index in [9.17, 15) is 30.0 Å². The summed E-state index contributed by atoms with van der Waals surface area (Å²) in [6.45, 7) is 17.0. The van der Waals surface area contributed by atoms with Gasteiger partial charge in [0, 0.05) is 44.4 Å². The van der Waals surface area contributed by atoms with E-state index < -0.39 is 102 Å². The van der Waals surface area contributed by atoms with E-state index in [1.54, 1.807) is 55.5 Å². The van der Waals surface area contributed by atoms with Gasteiger partial charge in [-0.15, -0.1) is 0 Å². The lowest BCUT2D eigenvalue weighted by Gasteiger charge is -2.49. The van der Waals surface area contributed by atoms with Gasteiger partial charge in [0.1, 0.15) is 29.7 Å². The molecule has 3 fully saturated rings. The minimum Gasteiger partial charge on any atom is -0.459 e. The van der Waals surface area contributed by atoms with E-state index in [1.165, 1.54) is 21.1 Å². The van der Waals surface area contributed by atoms with Crippen LogP contribution >= 0.6 is 0 Å². The first-order valence-corrected chi connectivity index (χ1v) is 18.5. The van der Waals surface area contributed by atoms with Crippen molar-refractivity contribution >= 4 is 11.8 Å². The number of carbonyl (C=O) groups is 2. The minimum absolute atomic E-state index is 0.109. The number of hydrogen-bond donors (Lipinski definition) is 5. The Morgan fingerprint density at radius 3 is 2.02 bits per heavy atom. The number of hydrogen-bond acceptors (Lipinski definition) is 14. The van der Waals surface area contributed by atoms with Gasteiger partial charge in [-0.1, -0.05) is 27.7 Å². The van der Waals surface area contributed by atoms with Gasteiger partial charge in [-0.3, -0.25) is 9.59 Å². The molecule has 0 aliphatic carbocycles. The average Bonchev–Trinajstić information content (AvgIpc) is 3.09. The van der Waals surface area contributed by atoms with E-state index in [2.05, 4.69) is 5.32 Å². The SMILES string of the molecule is CC[C@@H]1OC(=O)[C@H](C)[C@H](O[C@H]2C[C@](C)(OC)[C@@H](O)[C@H](C)O2)[C@@H](C)[C@H](O[C@@H]2O[C@H](C)C[C@H](NC)[C@@H]2O)[C@@](C)(OC)C[C@H](C)C(=O)[C@H](C)[C@@H](O)[C@]1(C)O. The molecule has 3 saturated heterocycles. The van der Waals surface area contributed by atoms with Crippen molar-refractivity contribution in [2.45, 2.75) is 179 Å². The van der Waals surface area contributed by atoms with E-state index in [0.29, 0.717) is 6.42 Å². The van der Waals surface area contributed by atoms with Crippen molar-refractivity contribution < 1.29 is 63.2 Å². The van der Waals surface area contributed by atoms with E-state index in [0.717, 1.165) is 0 Å². The van der Waals surface area contributed by atoms with Crippen LogP contribution in [0, 0.1) is 23.7 Å². The Morgan fingerprint density at radius 2 is 1.47 bits per heavy atom. The van der Waals surface area contributed by atoms with Gasteiger partial charge < -0.3 is 58.9 Å². The van der Waals surface area contributed by atoms with Gasteiger partial charge >= 0.3 is 5.97 Å². The molecule has 0 bridgehead atoms. The van der Waals surface area contributed by atoms with Crippen LogP contribution in [0.15, 0.2) is 0 Å². The van der Waals surface area contributed by atoms with Crippen LogP contribution in [0.1, 0.15) is 94.9 Å². The lowest BCUT2D eigenvalue weighted by Crippen LogP contribution is -2.61. The Labute approximate surface area is 304 Å². The molecule has 0 saturated carbocycles. The van der Waals surface area contributed by atoms with Gasteiger partial charge in [-0.25, -0.2) is 0 Å². The third-order valence-electron chi connectivity index (χ3n) is 12.0. The van der Waals surface area contributed by atoms with E-state index in [4.69, 9.17) is 33.2 Å². The number of aliphatic hydroxyl groups is 4. The molecule has 298 valence electrons. The lowest BCUT2D eigenvalue weighted by atomic mass is 9.74. The monoisotopic (exact) mass is 733 g/mol. The third-order valence-corrected chi connectivity index (χ3v) is 12.0. The second-order valence-corrected chi connectivity index (χ2v) is 16.0. The molecule has 3 rings (SSSR count). The fraction of sp³-hybridized carbons (Fsp3) is 0.946. The van der Waals surface area contributed by atoms with Crippen LogP contribution in [0.3, 0.4) is 0 Å². The molecular weight excluding hydrogens is 666 g/mol. The number of rotatable bonds is 8. The smallest absolute Gasteiger partial charge is 0.311 e. The summed E-state index contributed by atoms with van der Waals surface area (Å²) >= 11 is 0. The highest BCUT2D eigenvalue weighted by atomic mass is 16.7. The summed E-state index contributed by atoms with van der Waals surface area (Å²) < 4.78 is 43.7. The number of Topliss-reactive ketones (excluding diaryl/α,β-unsaturated/α-hetero) is 1. The highest BCUT2D eigenvalue weighted by Gasteiger charge is 2.54. The van der Waals surface area contributed by atoms with Crippen LogP contribution in [-0.4, -0.2) is 138 Å². The first kappa shape index (κ1) is 44.1. The Kier molecular flexibility index (Phi) is 15.1. The van der Waals surface area contributed by atoms with Crippen molar-refractivity contribution in [1.82, 2.24) is 5.32 Å². The number of methoxy groups -OCH3 is 2. The summed E-state index contributed by atoms with van der Waals surface area (Å²) in [5.41, 5.74) is -4.24. The molecule has 5 N–H and O–H groups in total. The molecule has 0 amide bonds. The van der Waals surface area contributed by atoms with Crippen LogP contribution in [0.25, 0.3) is 0 Å². The molecule has 3 heterocycles. The molecule has 3 aliphatic heterocycles. The summed E-state index contributed by atoms with van der Waals surface area (Å²) in [5.74, 6) is -4.47. The zero-order valence-corrected chi connectivity index (χ0v) is 33.0. The molecule has 0 aromatic carbocycles. The minimum atomic E-state index is -1.96. The van der Waals surface area contributed by atoms with Crippen LogP contribution < -0.4 is 5.32 Å². The molecule has 0 aromatic rings. The summed E-state index contributed by atoms with van der Waals surface area (Å²) in [5, 5.41) is 48.4. The third kappa shape index (κ3) is 9.33. The molecule has 51 heavy (non-hydrogen) atoms. The fourth-order valence-electron chi connectivity index (χ4n) is 8.38. The predicted octanol–water partition coefficient (Wildman–Crippen LogP) is 2.10. The van der Waals surface area contributed by atoms with Crippen molar-refractivity contribution in [3.8, 4) is 0 Å². The average molecular weight is 734 g/mol. The maximum absolute atomic E-state index is 14.1. The maximum atomic E-state index is 14.1. The second kappa shape index (κ2) is 17.4. The number of likely N-dealkylation sites (N-methyl/N-ethyl adjacent to an activating group) is 1. The van der Waals surface area contributed by atoms with Crippen molar-refractivity contribution in [3.05, 3.63) is 0 Å². The summed E-state index contributed by atoms with van der Waals surface area (Å²) in [6.07, 6.45) is -8.78. The van der Waals surface area contributed by atoms with Gasteiger partial charge in [-0.2, -0.15) is 0 Å². The van der Waals surface area contributed by atoms with Crippen LogP contribution in [0.4, 0.5) is 0 Å². The van der Waals surface area contributed by atoms with Crippen molar-refractivity contribution in [2.24, 2.45) is 23.7 Å². The maximum Gasteiger partial charge on any atom is 0.311 e. The van der Waals surface area contributed by atoms with E-state index in [-0.39, 0.29) is 37.2 Å². The summed E-state index contributed by atoms with van der Waals surface area (Å²) in [7, 11) is 4.75. The number of carbonyl (C=O) groups excluding carboxylic acids is 2. The topological polar surface area (TPSA) is 192 Å². The molecule has 0 radical (unpaired) electrons. The van der Waals surface area contributed by atoms with Crippen LogP contribution in [-0.2, 0) is 42.7 Å². The van der Waals surface area contributed by atoms with E-state index in [1.807, 2.05) is 13.8 Å². The highest BCUT2D eigenvalue weighted by Crippen LogP contribution is 2.41. The highest BCUT2D eigenvalue weighted by molar-refractivity contribution is 5.83. The number of nitrogens with one attached hydrogen (secondary N) is 1. The predicted molar refractivity (Wildman–Crippen MR) is 186 cm³/mol. The van der Waals surface area contributed by atoms with Crippen LogP contribution in [0.2, 0.25) is 0 Å². The van der Waals surface area contributed by atoms with Crippen molar-refractivity contribution in [3.63, 3.8) is 0 Å². The first-order chi connectivity index (χ1) is 23.6. The Bertz CT molecular complexity index is 1160. The van der Waals surface area contributed by atoms with Gasteiger partial charge in [0.2, 0.25) is 0 Å². The Balaban J connectivity index is 2.21. The van der Waals surface area contributed by atoms with Gasteiger partial charge in [-0.05, 0) is 67.9 Å². The number of aliphatic hydroxyl groups excluding tert-OH is 3. The number of esters is 1. The molecule has 0 unspecified atom stereocenters. The normalized spacial score (nSPS) is 49.6. The molecule has 18 atom stereocenters. The molecule has 0 aromatic heterocycles. The fourth-order valence-corrected chi connectivity index (χ4v) is 8.38. The lowest BCUT2D eigenvalue weighted by molar-refractivity contribution is -0.317. The summed E-state index contributed by atoms with van der Waals surface area (Å²) in [6, 6.07) is -0.334. The molecule has 3 aliphatic rings. The molecule has 14 heteroatoms. The van der Waals surface area contributed by atoms with Gasteiger partial charge in [0.05, 0.1) is 47.6 Å². The van der Waals surface area contributed by atoms with E-state index >= 15 is 0 Å². The number of cyclic esters (lactones) is 1. The van der Waals surface area contributed by atoms with Gasteiger partial charge in [0.15, 0.2) is 12.6 Å². The largest absolute Gasteiger partial charge is 0.459 e. The number of ketones is 1. The standard InChI is InChI=1S/C37H67NO13/c1-14-25-37(10,44)30(41)20(4)27(39)18(2)16-36(9,46-13)32(51-34-28(40)24(38-11)15-19(3)47-34)21(5)29(22(6)33(43)49-25)50-26-17-35(8,45-12)31(42)23(7)48-26/h18-26,28-32,34,38,40-42,44H,14-17H2,1-13H3/t18-,19+,20-,21+,22+,23-,24-,25-,26-,28-,29+,30+,31-,32-,34-,35-,36-,37+/m0/s1. The first-order valence-electron chi connectivity index (χ1n) is 18.5. The Hall–Kier alpha value is -1.30. The van der Waals surface area contributed by atoms with Gasteiger partial charge in [0.25, 0.3) is 0 Å². The summed E-state index contributed by atoms with van der Waals surface area (Å²) in [4.78, 5) is 28.1. The molecule has 14 nitrogen and oxygen atoms in total. The second-order valence-electron chi connectivity index (χ2n) is 16.0. The molecular formula is C37H67NO13. The Morgan fingerprint density at radius 1 is 0.863 bits per heavy atom. The van der Waals surface area contributed by atoms with Crippen molar-refractivity contribution in [2.75, 3.05) is 21.3 Å². The number of ether oxygens (including phenoxy) is 7. The van der Waals surface area contributed by atoms with Crippen LogP contribution in [0.5, 0.6) is 0 Å². The van der Waals surface area contributed by atoms with Crippen molar-refractivity contribution in [1.29, 1.82) is 0 Å². The molecule has 0 spiro atoms.